The zero-order valence-corrected chi connectivity index (χ0v) is 31.0. The van der Waals surface area contributed by atoms with Crippen LogP contribution < -0.4 is 0 Å². The molecule has 0 aromatic carbocycles. The van der Waals surface area contributed by atoms with Crippen LogP contribution in [0.1, 0.15) is 143 Å². The molecule has 10 heteroatoms. The fraction of sp³-hybridized carbons (Fsp3) is 0.897. The predicted octanol–water partition coefficient (Wildman–Crippen LogP) is 8.03. The Bertz CT molecular complexity index is 946. The van der Waals surface area contributed by atoms with Gasteiger partial charge in [0.2, 0.25) is 0 Å². The Hall–Kier alpha value is -2.36. The molecule has 282 valence electrons. The number of rotatable bonds is 27. The average molecular weight is 694 g/mol. The van der Waals surface area contributed by atoms with Crippen LogP contribution in [-0.2, 0) is 38.1 Å². The van der Waals surface area contributed by atoms with E-state index in [9.17, 15) is 19.2 Å². The zero-order chi connectivity index (χ0) is 35.3. The van der Waals surface area contributed by atoms with E-state index in [0.717, 1.165) is 69.5 Å². The number of unbranched alkanes of at least 4 members (excludes halogenated alkanes) is 7. The van der Waals surface area contributed by atoms with Crippen LogP contribution in [0.25, 0.3) is 0 Å². The second-order valence-electron chi connectivity index (χ2n) is 15.2. The molecule has 1 unspecified atom stereocenters. The molecule has 4 saturated carbocycles. The molecule has 0 spiro atoms. The molecule has 49 heavy (non-hydrogen) atoms. The van der Waals surface area contributed by atoms with Crippen molar-refractivity contribution >= 4 is 24.1 Å². The quantitative estimate of drug-likeness (QED) is 0.0475. The van der Waals surface area contributed by atoms with Gasteiger partial charge in [0.1, 0.15) is 19.8 Å². The van der Waals surface area contributed by atoms with E-state index in [-0.39, 0.29) is 56.6 Å². The van der Waals surface area contributed by atoms with Crippen molar-refractivity contribution in [2.75, 3.05) is 52.7 Å². The van der Waals surface area contributed by atoms with Crippen molar-refractivity contribution in [2.45, 2.75) is 143 Å². The number of carbonyl (C=O) groups excluding carboxylic acids is 4. The second kappa shape index (κ2) is 23.2. The van der Waals surface area contributed by atoms with Crippen molar-refractivity contribution < 1.29 is 42.9 Å². The van der Waals surface area contributed by atoms with Gasteiger partial charge in [0.25, 0.3) is 0 Å². The molecule has 4 rings (SSSR count). The lowest BCUT2D eigenvalue weighted by atomic mass is 9.49. The van der Waals surface area contributed by atoms with Crippen LogP contribution >= 0.6 is 0 Å². The van der Waals surface area contributed by atoms with Gasteiger partial charge in [0.15, 0.2) is 0 Å². The third-order valence-corrected chi connectivity index (χ3v) is 10.8. The summed E-state index contributed by atoms with van der Waals surface area (Å²) in [6.07, 6.45) is 17.3. The standard InChI is InChI=1S/C39H67NO9/c1-4-7-8-9-10-11-14-19-45-35(41)16-12-13-17-36(42)47-28-34(30-49-38(44)46-20-15-18-40(5-2)6-3)29-48-37(43)27-39-24-31-21-32(25-39)23-33(22-31)26-39/h31-34H,4-30H2,1-3H3. The van der Waals surface area contributed by atoms with Crippen molar-refractivity contribution in [2.24, 2.45) is 29.1 Å². The Labute approximate surface area is 296 Å². The van der Waals surface area contributed by atoms with Crippen molar-refractivity contribution in [3.63, 3.8) is 0 Å². The summed E-state index contributed by atoms with van der Waals surface area (Å²) >= 11 is 0. The summed E-state index contributed by atoms with van der Waals surface area (Å²) in [5.41, 5.74) is 0.0690. The highest BCUT2D eigenvalue weighted by molar-refractivity contribution is 5.71. The number of carbonyl (C=O) groups is 4. The summed E-state index contributed by atoms with van der Waals surface area (Å²) in [4.78, 5) is 52.2. The van der Waals surface area contributed by atoms with Gasteiger partial charge in [-0.05, 0) is 100 Å². The molecule has 4 aliphatic rings. The molecule has 0 amide bonds. The molecule has 0 saturated heterocycles. The van der Waals surface area contributed by atoms with E-state index in [1.807, 2.05) is 0 Å². The fourth-order valence-electron chi connectivity index (χ4n) is 8.57. The number of hydrogen-bond acceptors (Lipinski definition) is 10. The van der Waals surface area contributed by atoms with Gasteiger partial charge < -0.3 is 28.6 Å². The first-order chi connectivity index (χ1) is 23.7. The van der Waals surface area contributed by atoms with Crippen LogP contribution in [0.4, 0.5) is 4.79 Å². The largest absolute Gasteiger partial charge is 0.508 e. The normalized spacial score (nSPS) is 22.9. The smallest absolute Gasteiger partial charge is 0.466 e. The molecule has 10 nitrogen and oxygen atoms in total. The molecule has 0 aromatic heterocycles. The van der Waals surface area contributed by atoms with Gasteiger partial charge in [-0.3, -0.25) is 14.4 Å². The molecule has 0 N–H and O–H groups in total. The molecular formula is C39H67NO9. The highest BCUT2D eigenvalue weighted by Crippen LogP contribution is 2.61. The first-order valence-corrected chi connectivity index (χ1v) is 19.7. The average Bonchev–Trinajstić information content (AvgIpc) is 3.06. The van der Waals surface area contributed by atoms with Crippen LogP contribution in [0.3, 0.4) is 0 Å². The summed E-state index contributed by atoms with van der Waals surface area (Å²) in [7, 11) is 0. The maximum atomic E-state index is 13.1. The molecule has 0 aromatic rings. The number of esters is 3. The number of ether oxygens (including phenoxy) is 5. The molecule has 4 aliphatic carbocycles. The maximum absolute atomic E-state index is 13.1. The maximum Gasteiger partial charge on any atom is 0.508 e. The van der Waals surface area contributed by atoms with Crippen molar-refractivity contribution in [1.29, 1.82) is 0 Å². The Kier molecular flexibility index (Phi) is 19.4. The molecule has 1 atom stereocenters. The fourth-order valence-corrected chi connectivity index (χ4v) is 8.57. The van der Waals surface area contributed by atoms with E-state index in [4.69, 9.17) is 23.7 Å². The Balaban J connectivity index is 1.34. The monoisotopic (exact) mass is 693 g/mol. The summed E-state index contributed by atoms with van der Waals surface area (Å²) in [5, 5.41) is 0. The van der Waals surface area contributed by atoms with Gasteiger partial charge in [-0.25, -0.2) is 4.79 Å². The highest BCUT2D eigenvalue weighted by Gasteiger charge is 2.51. The molecule has 0 heterocycles. The lowest BCUT2D eigenvalue weighted by molar-refractivity contribution is -0.156. The van der Waals surface area contributed by atoms with Gasteiger partial charge in [-0.15, -0.1) is 0 Å². The topological polar surface area (TPSA) is 118 Å². The van der Waals surface area contributed by atoms with E-state index in [1.54, 1.807) is 0 Å². The summed E-state index contributed by atoms with van der Waals surface area (Å²) < 4.78 is 27.1. The molecular weight excluding hydrogens is 626 g/mol. The van der Waals surface area contributed by atoms with E-state index in [0.29, 0.717) is 32.3 Å². The van der Waals surface area contributed by atoms with Gasteiger partial charge >= 0.3 is 24.1 Å². The first-order valence-electron chi connectivity index (χ1n) is 19.7. The molecule has 4 fully saturated rings. The van der Waals surface area contributed by atoms with Crippen LogP contribution in [-0.4, -0.2) is 81.6 Å². The molecule has 0 aliphatic heterocycles. The Morgan fingerprint density at radius 3 is 1.69 bits per heavy atom. The van der Waals surface area contributed by atoms with Gasteiger partial charge in [-0.2, -0.15) is 0 Å². The molecule has 4 bridgehead atoms. The van der Waals surface area contributed by atoms with E-state index in [2.05, 4.69) is 25.7 Å². The van der Waals surface area contributed by atoms with E-state index < -0.39 is 18.0 Å². The third-order valence-electron chi connectivity index (χ3n) is 10.8. The first kappa shape index (κ1) is 41.1. The van der Waals surface area contributed by atoms with Crippen LogP contribution in [0, 0.1) is 29.1 Å². The zero-order valence-electron chi connectivity index (χ0n) is 31.0. The van der Waals surface area contributed by atoms with E-state index >= 15 is 0 Å². The van der Waals surface area contributed by atoms with Gasteiger partial charge in [0.05, 0.1) is 25.6 Å². The Morgan fingerprint density at radius 2 is 1.10 bits per heavy atom. The van der Waals surface area contributed by atoms with Crippen LogP contribution in [0.15, 0.2) is 0 Å². The minimum Gasteiger partial charge on any atom is -0.466 e. The predicted molar refractivity (Wildman–Crippen MR) is 188 cm³/mol. The van der Waals surface area contributed by atoms with Gasteiger partial charge in [-0.1, -0.05) is 59.3 Å². The van der Waals surface area contributed by atoms with Crippen LogP contribution in [0.5, 0.6) is 0 Å². The third kappa shape index (κ3) is 16.5. The minimum absolute atomic E-state index is 0.00169. The molecule has 0 radical (unpaired) electrons. The SMILES string of the molecule is CCCCCCCCCOC(=O)CCCCC(=O)OCC(COC(=O)CC12CC3CC(CC(C3)C1)C2)COC(=O)OCCCN(CC)CC. The summed E-state index contributed by atoms with van der Waals surface area (Å²) in [6, 6.07) is 0. The second-order valence-corrected chi connectivity index (χ2v) is 15.2. The van der Waals surface area contributed by atoms with Crippen LogP contribution in [0.2, 0.25) is 0 Å². The van der Waals surface area contributed by atoms with Crippen molar-refractivity contribution in [3.8, 4) is 0 Å². The summed E-state index contributed by atoms with van der Waals surface area (Å²) in [5.74, 6) is 0.881. The van der Waals surface area contributed by atoms with E-state index in [1.165, 1.54) is 51.4 Å². The lowest BCUT2D eigenvalue weighted by Gasteiger charge is -2.56. The lowest BCUT2D eigenvalue weighted by Crippen LogP contribution is -2.47. The van der Waals surface area contributed by atoms with Crippen molar-refractivity contribution in [1.82, 2.24) is 4.90 Å². The van der Waals surface area contributed by atoms with Crippen molar-refractivity contribution in [3.05, 3.63) is 0 Å². The number of nitrogens with zero attached hydrogens (tertiary/aromatic N) is 1. The number of hydrogen-bond donors (Lipinski definition) is 0. The Morgan fingerprint density at radius 1 is 0.592 bits per heavy atom. The highest BCUT2D eigenvalue weighted by atomic mass is 16.7. The minimum atomic E-state index is -0.783. The van der Waals surface area contributed by atoms with Gasteiger partial charge in [0, 0.05) is 19.4 Å². The summed E-state index contributed by atoms with van der Waals surface area (Å²) in [6.45, 7) is 9.68.